The molecule has 1 rings (SSSR count). The minimum atomic E-state index is -0.122. The maximum atomic E-state index is 10.7. The van der Waals surface area contributed by atoms with Gasteiger partial charge in [-0.15, -0.1) is 0 Å². The van der Waals surface area contributed by atoms with Crippen LogP contribution >= 0.6 is 15.9 Å². The number of methoxy groups -OCH3 is 1. The number of carbonyl (C=O) groups is 1. The number of hydrogen-bond donors (Lipinski definition) is 1. The van der Waals surface area contributed by atoms with Gasteiger partial charge in [0.25, 0.3) is 0 Å². The molecule has 3 nitrogen and oxygen atoms in total. The van der Waals surface area contributed by atoms with E-state index in [9.17, 15) is 9.90 Å². The van der Waals surface area contributed by atoms with Crippen molar-refractivity contribution < 1.29 is 14.6 Å². The summed E-state index contributed by atoms with van der Waals surface area (Å²) in [6.07, 6.45) is 4.33. The van der Waals surface area contributed by atoms with Crippen LogP contribution in [0.4, 0.5) is 0 Å². The summed E-state index contributed by atoms with van der Waals surface area (Å²) in [5.74, 6) is 0.178. The number of carbonyl (C=O) groups excluding carboxylic acids is 1. The number of phenols is 1. The van der Waals surface area contributed by atoms with Crippen LogP contribution in [0.3, 0.4) is 0 Å². The zero-order valence-electron chi connectivity index (χ0n) is 8.24. The van der Waals surface area contributed by atoms with E-state index in [1.54, 1.807) is 12.1 Å². The van der Waals surface area contributed by atoms with E-state index in [1.165, 1.54) is 7.11 Å². The fourth-order valence-electron chi connectivity index (χ4n) is 1.17. The van der Waals surface area contributed by atoms with Gasteiger partial charge in [-0.1, -0.05) is 28.1 Å². The van der Waals surface area contributed by atoms with Crippen molar-refractivity contribution >= 4 is 28.3 Å². The molecule has 15 heavy (non-hydrogen) atoms. The largest absolute Gasteiger partial charge is 0.504 e. The molecule has 0 heterocycles. The lowest BCUT2D eigenvalue weighted by molar-refractivity contribution is 0.112. The van der Waals surface area contributed by atoms with Crippen molar-refractivity contribution in [3.05, 3.63) is 29.3 Å². The highest BCUT2D eigenvalue weighted by Crippen LogP contribution is 2.30. The van der Waals surface area contributed by atoms with Crippen LogP contribution in [0.2, 0.25) is 0 Å². The molecule has 0 bridgehead atoms. The van der Waals surface area contributed by atoms with Gasteiger partial charge in [-0.3, -0.25) is 4.79 Å². The lowest BCUT2D eigenvalue weighted by Crippen LogP contribution is -1.90. The molecule has 4 heteroatoms. The first-order valence-corrected chi connectivity index (χ1v) is 5.43. The molecule has 0 saturated carbocycles. The van der Waals surface area contributed by atoms with Gasteiger partial charge < -0.3 is 9.84 Å². The molecule has 0 saturated heterocycles. The zero-order chi connectivity index (χ0) is 11.3. The highest BCUT2D eigenvalue weighted by atomic mass is 79.9. The molecule has 80 valence electrons. The van der Waals surface area contributed by atoms with E-state index in [-0.39, 0.29) is 11.3 Å². The predicted octanol–water partition coefficient (Wildman–Crippen LogP) is 2.62. The number of alkyl halides is 1. The minimum absolute atomic E-state index is 0.122. The van der Waals surface area contributed by atoms with Crippen LogP contribution in [-0.4, -0.2) is 23.8 Å². The molecule has 0 aliphatic carbocycles. The van der Waals surface area contributed by atoms with Gasteiger partial charge in [0.15, 0.2) is 17.8 Å². The Bertz CT molecular complexity index is 386. The first kappa shape index (κ1) is 11.8. The number of rotatable bonds is 4. The third-order valence-electron chi connectivity index (χ3n) is 1.87. The van der Waals surface area contributed by atoms with Gasteiger partial charge in [-0.2, -0.15) is 0 Å². The Morgan fingerprint density at radius 1 is 1.53 bits per heavy atom. The number of aldehydes is 1. The van der Waals surface area contributed by atoms with Crippen LogP contribution in [0.15, 0.2) is 18.2 Å². The second kappa shape index (κ2) is 5.56. The predicted molar refractivity (Wildman–Crippen MR) is 62.9 cm³/mol. The second-order valence-corrected chi connectivity index (χ2v) is 3.48. The highest BCUT2D eigenvalue weighted by molar-refractivity contribution is 9.09. The van der Waals surface area contributed by atoms with Crippen LogP contribution in [0.1, 0.15) is 15.9 Å². The summed E-state index contributed by atoms with van der Waals surface area (Å²) in [5, 5.41) is 10.3. The number of phenolic OH excluding ortho intramolecular Hbond substituents is 1. The van der Waals surface area contributed by atoms with Gasteiger partial charge in [0.2, 0.25) is 0 Å². The average molecular weight is 271 g/mol. The molecule has 0 fully saturated rings. The summed E-state index contributed by atoms with van der Waals surface area (Å²) < 4.78 is 4.95. The molecule has 0 amide bonds. The molecule has 0 aliphatic heterocycles. The molecule has 0 unspecified atom stereocenters. The van der Waals surface area contributed by atoms with Crippen molar-refractivity contribution in [2.75, 3.05) is 12.4 Å². The van der Waals surface area contributed by atoms with E-state index in [1.807, 2.05) is 12.2 Å². The summed E-state index contributed by atoms with van der Waals surface area (Å²) in [4.78, 5) is 10.7. The molecule has 0 radical (unpaired) electrons. The topological polar surface area (TPSA) is 46.5 Å². The first-order chi connectivity index (χ1) is 7.22. The number of benzene rings is 1. The van der Waals surface area contributed by atoms with Gasteiger partial charge in [0.1, 0.15) is 0 Å². The van der Waals surface area contributed by atoms with Gasteiger partial charge in [0, 0.05) is 5.33 Å². The lowest BCUT2D eigenvalue weighted by Gasteiger charge is -2.06. The van der Waals surface area contributed by atoms with Crippen molar-refractivity contribution in [2.45, 2.75) is 0 Å². The molecule has 1 N–H and O–H groups in total. The highest BCUT2D eigenvalue weighted by Gasteiger charge is 2.08. The first-order valence-electron chi connectivity index (χ1n) is 4.31. The van der Waals surface area contributed by atoms with E-state index >= 15 is 0 Å². The normalized spacial score (nSPS) is 10.5. The monoisotopic (exact) mass is 270 g/mol. The van der Waals surface area contributed by atoms with E-state index in [0.29, 0.717) is 12.0 Å². The van der Waals surface area contributed by atoms with Gasteiger partial charge in [-0.05, 0) is 17.7 Å². The van der Waals surface area contributed by atoms with Crippen molar-refractivity contribution in [3.8, 4) is 11.5 Å². The van der Waals surface area contributed by atoms with Crippen LogP contribution in [0, 0.1) is 0 Å². The summed E-state index contributed by atoms with van der Waals surface area (Å²) in [6.45, 7) is 0. The van der Waals surface area contributed by atoms with E-state index in [0.717, 1.165) is 10.9 Å². The van der Waals surface area contributed by atoms with Gasteiger partial charge in [-0.25, -0.2) is 0 Å². The van der Waals surface area contributed by atoms with Crippen LogP contribution < -0.4 is 4.74 Å². The zero-order valence-corrected chi connectivity index (χ0v) is 9.82. The van der Waals surface area contributed by atoms with E-state index < -0.39 is 0 Å². The molecule has 0 spiro atoms. The van der Waals surface area contributed by atoms with Crippen molar-refractivity contribution in [1.29, 1.82) is 0 Å². The van der Waals surface area contributed by atoms with Gasteiger partial charge >= 0.3 is 0 Å². The van der Waals surface area contributed by atoms with Crippen LogP contribution in [-0.2, 0) is 0 Å². The Balaban J connectivity index is 3.20. The summed E-state index contributed by atoms with van der Waals surface area (Å²) in [5.41, 5.74) is 1.04. The molecular weight excluding hydrogens is 260 g/mol. The number of aromatic hydroxyl groups is 1. The number of allylic oxidation sites excluding steroid dienone is 1. The summed E-state index contributed by atoms with van der Waals surface area (Å²) in [7, 11) is 1.45. The maximum Gasteiger partial charge on any atom is 0.168 e. The third kappa shape index (κ3) is 2.83. The lowest BCUT2D eigenvalue weighted by atomic mass is 10.1. The number of hydrogen-bond acceptors (Lipinski definition) is 3. The quantitative estimate of drug-likeness (QED) is 0.676. The fourth-order valence-corrected chi connectivity index (χ4v) is 1.36. The summed E-state index contributed by atoms with van der Waals surface area (Å²) in [6, 6.07) is 3.27. The molecule has 1 aromatic rings. The smallest absolute Gasteiger partial charge is 0.168 e. The third-order valence-corrected chi connectivity index (χ3v) is 2.25. The Hall–Kier alpha value is -1.29. The Kier molecular flexibility index (Phi) is 4.37. The van der Waals surface area contributed by atoms with Gasteiger partial charge in [0.05, 0.1) is 12.7 Å². The second-order valence-electron chi connectivity index (χ2n) is 2.84. The van der Waals surface area contributed by atoms with Crippen LogP contribution in [0.5, 0.6) is 11.5 Å². The van der Waals surface area contributed by atoms with Crippen molar-refractivity contribution in [3.63, 3.8) is 0 Å². The molecule has 0 atom stereocenters. The molecule has 1 aromatic carbocycles. The molecular formula is C11H11BrO3. The minimum Gasteiger partial charge on any atom is -0.504 e. The molecule has 0 aliphatic rings. The number of halogens is 1. The maximum absolute atomic E-state index is 10.7. The summed E-state index contributed by atoms with van der Waals surface area (Å²) >= 11 is 3.26. The Morgan fingerprint density at radius 2 is 2.27 bits per heavy atom. The van der Waals surface area contributed by atoms with Crippen molar-refractivity contribution in [1.82, 2.24) is 0 Å². The van der Waals surface area contributed by atoms with Crippen molar-refractivity contribution in [2.24, 2.45) is 0 Å². The standard InChI is InChI=1S/C11H11BrO3/c1-15-10-6-8(3-2-4-12)5-9(7-13)11(10)14/h2-3,5-7,14H,4H2,1H3. The Labute approximate surface area is 96.5 Å². The Morgan fingerprint density at radius 3 is 2.80 bits per heavy atom. The SMILES string of the molecule is COc1cc(C=CCBr)cc(C=O)c1O. The molecule has 0 aromatic heterocycles. The average Bonchev–Trinajstić information content (AvgIpc) is 2.27. The van der Waals surface area contributed by atoms with E-state index in [4.69, 9.17) is 4.74 Å². The van der Waals surface area contributed by atoms with E-state index in [2.05, 4.69) is 15.9 Å². The fraction of sp³-hybridized carbons (Fsp3) is 0.182. The number of ether oxygens (including phenoxy) is 1. The van der Waals surface area contributed by atoms with Crippen LogP contribution in [0.25, 0.3) is 6.08 Å².